The highest BCUT2D eigenvalue weighted by atomic mass is 32.2. The molecule has 1 fully saturated rings. The number of hydrogen-bond acceptors (Lipinski definition) is 6. The minimum Gasteiger partial charge on any atom is -0.351 e. The van der Waals surface area contributed by atoms with Gasteiger partial charge in [-0.25, -0.2) is 15.0 Å². The number of hydrogen-bond donors (Lipinski definition) is 1. The lowest BCUT2D eigenvalue weighted by atomic mass is 10.0. The number of alkyl halides is 3. The maximum Gasteiger partial charge on any atom is 0.419 e. The van der Waals surface area contributed by atoms with Gasteiger partial charge in [-0.05, 0) is 18.9 Å². The lowest BCUT2D eigenvalue weighted by Crippen LogP contribution is -2.18. The summed E-state index contributed by atoms with van der Waals surface area (Å²) in [5, 5.41) is 6.17. The quantitative estimate of drug-likeness (QED) is 0.313. The van der Waals surface area contributed by atoms with Gasteiger partial charge in [0.1, 0.15) is 10.6 Å². The summed E-state index contributed by atoms with van der Waals surface area (Å²) < 4.78 is 56.4. The Morgan fingerprint density at radius 3 is 2.66 bits per heavy atom. The second kappa shape index (κ2) is 8.36. The second-order valence-electron chi connectivity index (χ2n) is 7.59. The number of rotatable bonds is 5. The lowest BCUT2D eigenvalue weighted by Gasteiger charge is -2.15. The Morgan fingerprint density at radius 1 is 1.16 bits per heavy atom. The van der Waals surface area contributed by atoms with Crippen molar-refractivity contribution in [3.8, 4) is 21.8 Å². The van der Waals surface area contributed by atoms with Crippen LogP contribution >= 0.6 is 23.7 Å². The molecule has 0 amide bonds. The van der Waals surface area contributed by atoms with Crippen molar-refractivity contribution in [1.29, 1.82) is 0 Å². The van der Waals surface area contributed by atoms with Gasteiger partial charge >= 0.3 is 6.18 Å². The summed E-state index contributed by atoms with van der Waals surface area (Å²) in [5.41, 5.74) is 0.168. The third-order valence-electron chi connectivity index (χ3n) is 5.56. The molecule has 0 bridgehead atoms. The first kappa shape index (κ1) is 21.2. The standard InChI is InChI=1S/C21H17F4N5S2/c22-21(23,24)16-10-27-20(28-13-3-1-2-4-13)29-18(16)15-11-30(32-25)17-9-12(5-6-14(15)17)19-26-7-8-31-19/h5-11,13H,1-4H2,(H,27,28,29). The zero-order valence-corrected chi connectivity index (χ0v) is 18.2. The fraction of sp³-hybridized carbons (Fsp3) is 0.286. The van der Waals surface area contributed by atoms with E-state index in [1.54, 1.807) is 24.4 Å². The molecule has 5 nitrogen and oxygen atoms in total. The van der Waals surface area contributed by atoms with Gasteiger partial charge in [0, 0.05) is 46.5 Å². The fourth-order valence-corrected chi connectivity index (χ4v) is 5.07. The van der Waals surface area contributed by atoms with Gasteiger partial charge in [0.25, 0.3) is 0 Å². The van der Waals surface area contributed by atoms with Gasteiger partial charge in [0.05, 0.1) is 11.2 Å². The monoisotopic (exact) mass is 479 g/mol. The minimum absolute atomic E-state index is 0.0772. The molecule has 0 saturated heterocycles. The second-order valence-corrected chi connectivity index (χ2v) is 9.01. The van der Waals surface area contributed by atoms with Crippen LogP contribution in [0, 0.1) is 0 Å². The number of thiazole rings is 1. The maximum atomic E-state index is 13.8. The van der Waals surface area contributed by atoms with Gasteiger partial charge in [0.15, 0.2) is 12.3 Å². The molecule has 5 rings (SSSR count). The summed E-state index contributed by atoms with van der Waals surface area (Å²) in [6, 6.07) is 5.31. The van der Waals surface area contributed by atoms with E-state index in [4.69, 9.17) is 0 Å². The van der Waals surface area contributed by atoms with Gasteiger partial charge in [-0.1, -0.05) is 25.0 Å². The Hall–Kier alpha value is -2.66. The Morgan fingerprint density at radius 2 is 1.97 bits per heavy atom. The highest BCUT2D eigenvalue weighted by molar-refractivity contribution is 7.92. The Kier molecular flexibility index (Phi) is 5.54. The first-order valence-corrected chi connectivity index (χ1v) is 11.5. The highest BCUT2D eigenvalue weighted by Crippen LogP contribution is 2.41. The van der Waals surface area contributed by atoms with E-state index >= 15 is 0 Å². The topological polar surface area (TPSA) is 55.6 Å². The van der Waals surface area contributed by atoms with Crippen LogP contribution in [0.15, 0.2) is 42.2 Å². The van der Waals surface area contributed by atoms with Gasteiger partial charge in [-0.3, -0.25) is 3.97 Å². The van der Waals surface area contributed by atoms with Crippen LogP contribution in [0.25, 0.3) is 32.7 Å². The van der Waals surface area contributed by atoms with E-state index in [1.807, 2.05) is 5.38 Å². The molecule has 0 aliphatic heterocycles. The molecule has 1 aliphatic carbocycles. The van der Waals surface area contributed by atoms with E-state index < -0.39 is 11.7 Å². The van der Waals surface area contributed by atoms with Crippen LogP contribution in [0.4, 0.5) is 23.0 Å². The third-order valence-corrected chi connectivity index (χ3v) is 6.84. The average Bonchev–Trinajstić information content (AvgIpc) is 3.53. The Bertz CT molecular complexity index is 1250. The molecule has 3 heterocycles. The summed E-state index contributed by atoms with van der Waals surface area (Å²) in [6.45, 7) is 0. The number of aromatic nitrogens is 4. The number of fused-ring (bicyclic) bond motifs is 1. The summed E-state index contributed by atoms with van der Waals surface area (Å²) in [7, 11) is 0. The fourth-order valence-electron chi connectivity index (χ4n) is 4.06. The number of nitrogens with one attached hydrogen (secondary N) is 1. The van der Waals surface area contributed by atoms with Gasteiger partial charge < -0.3 is 5.32 Å². The van der Waals surface area contributed by atoms with E-state index in [9.17, 15) is 17.1 Å². The van der Waals surface area contributed by atoms with Gasteiger partial charge in [-0.2, -0.15) is 13.2 Å². The first-order chi connectivity index (χ1) is 15.4. The molecule has 0 radical (unpaired) electrons. The van der Waals surface area contributed by atoms with E-state index in [1.165, 1.54) is 21.5 Å². The molecule has 11 heteroatoms. The van der Waals surface area contributed by atoms with Gasteiger partial charge in [-0.15, -0.1) is 15.2 Å². The van der Waals surface area contributed by atoms with Crippen molar-refractivity contribution in [2.75, 3.05) is 5.32 Å². The Balaban J connectivity index is 1.66. The van der Waals surface area contributed by atoms with Crippen LogP contribution in [0.3, 0.4) is 0 Å². The molecule has 1 aromatic carbocycles. The van der Waals surface area contributed by atoms with Crippen LogP contribution in [0.1, 0.15) is 31.2 Å². The van der Waals surface area contributed by atoms with Crippen LogP contribution in [-0.4, -0.2) is 25.0 Å². The van der Waals surface area contributed by atoms with Crippen molar-refractivity contribution in [2.24, 2.45) is 0 Å². The minimum atomic E-state index is -4.65. The summed E-state index contributed by atoms with van der Waals surface area (Å²) >= 11 is 1.35. The molecule has 1 saturated carbocycles. The average molecular weight is 480 g/mol. The van der Waals surface area contributed by atoms with Crippen molar-refractivity contribution < 1.29 is 17.1 Å². The van der Waals surface area contributed by atoms with Crippen LogP contribution in [0.5, 0.6) is 0 Å². The van der Waals surface area contributed by atoms with Crippen molar-refractivity contribution >= 4 is 40.5 Å². The van der Waals surface area contributed by atoms with Crippen LogP contribution < -0.4 is 5.32 Å². The van der Waals surface area contributed by atoms with Crippen molar-refractivity contribution in [2.45, 2.75) is 37.9 Å². The lowest BCUT2D eigenvalue weighted by molar-refractivity contribution is -0.137. The van der Waals surface area contributed by atoms with Crippen molar-refractivity contribution in [1.82, 2.24) is 18.9 Å². The molecule has 4 aromatic rings. The highest BCUT2D eigenvalue weighted by Gasteiger charge is 2.36. The number of halogens is 4. The predicted octanol–water partition coefficient (Wildman–Crippen LogP) is 6.98. The van der Waals surface area contributed by atoms with E-state index in [2.05, 4.69) is 20.3 Å². The summed E-state index contributed by atoms with van der Waals surface area (Å²) in [6.07, 6.45) is 3.14. The smallest absolute Gasteiger partial charge is 0.351 e. The zero-order valence-electron chi connectivity index (χ0n) is 16.6. The number of anilines is 1. The molecule has 3 aromatic heterocycles. The van der Waals surface area contributed by atoms with Crippen molar-refractivity contribution in [3.63, 3.8) is 0 Å². The molecule has 32 heavy (non-hydrogen) atoms. The largest absolute Gasteiger partial charge is 0.419 e. The Labute approximate surface area is 189 Å². The van der Waals surface area contributed by atoms with E-state index in [-0.39, 0.29) is 35.6 Å². The molecule has 0 unspecified atom stereocenters. The van der Waals surface area contributed by atoms with Crippen molar-refractivity contribution in [3.05, 3.63) is 47.7 Å². The summed E-state index contributed by atoms with van der Waals surface area (Å²) in [4.78, 5) is 12.4. The molecular formula is C21H17F4N5S2. The summed E-state index contributed by atoms with van der Waals surface area (Å²) in [5.74, 6) is 0.146. The van der Waals surface area contributed by atoms with Gasteiger partial charge in [0.2, 0.25) is 5.95 Å². The molecule has 1 N–H and O–H groups in total. The van der Waals surface area contributed by atoms with E-state index in [0.717, 1.165) is 42.5 Å². The molecular weight excluding hydrogens is 462 g/mol. The van der Waals surface area contributed by atoms with Crippen LogP contribution in [0.2, 0.25) is 0 Å². The molecule has 0 spiro atoms. The SMILES string of the molecule is FSn1cc(-c2nc(NC3CCCC3)ncc2C(F)(F)F)c2ccc(-c3nccs3)cc21. The molecule has 1 aliphatic rings. The molecule has 0 atom stereocenters. The number of nitrogens with zero attached hydrogens (tertiary/aromatic N) is 4. The molecule has 166 valence electrons. The van der Waals surface area contributed by atoms with Crippen LogP contribution in [-0.2, 0) is 6.18 Å². The maximum absolute atomic E-state index is 13.8. The third kappa shape index (κ3) is 3.95. The normalized spacial score (nSPS) is 15.0. The zero-order chi connectivity index (χ0) is 22.3. The number of benzene rings is 1. The predicted molar refractivity (Wildman–Crippen MR) is 119 cm³/mol. The van der Waals surface area contributed by atoms with E-state index in [0.29, 0.717) is 10.9 Å². The first-order valence-electron chi connectivity index (χ1n) is 9.99.